The fourth-order valence-electron chi connectivity index (χ4n) is 3.04. The molecule has 16 heavy (non-hydrogen) atoms. The number of hydrogen-bond donors (Lipinski definition) is 2. The molecule has 2 atom stereocenters. The van der Waals surface area contributed by atoms with Crippen LogP contribution in [0.1, 0.15) is 45.4 Å². The van der Waals surface area contributed by atoms with E-state index in [-0.39, 0.29) is 5.91 Å². The van der Waals surface area contributed by atoms with Crippen molar-refractivity contribution in [3.8, 4) is 0 Å². The van der Waals surface area contributed by atoms with E-state index in [9.17, 15) is 4.79 Å². The molecule has 0 aromatic rings. The molecule has 1 saturated heterocycles. The Labute approximate surface area is 98.4 Å². The summed E-state index contributed by atoms with van der Waals surface area (Å²) in [6, 6.07) is 0.379. The highest BCUT2D eigenvalue weighted by Gasteiger charge is 2.24. The molecule has 2 fully saturated rings. The Morgan fingerprint density at radius 2 is 2.12 bits per heavy atom. The zero-order chi connectivity index (χ0) is 11.4. The second kappa shape index (κ2) is 5.67. The molecule has 3 heteroatoms. The molecule has 0 radical (unpaired) electrons. The van der Waals surface area contributed by atoms with Gasteiger partial charge < -0.3 is 10.6 Å². The lowest BCUT2D eigenvalue weighted by Gasteiger charge is -2.21. The van der Waals surface area contributed by atoms with Gasteiger partial charge in [0, 0.05) is 12.5 Å². The second-order valence-corrected chi connectivity index (χ2v) is 5.46. The van der Waals surface area contributed by atoms with E-state index in [1.165, 1.54) is 25.7 Å². The monoisotopic (exact) mass is 224 g/mol. The van der Waals surface area contributed by atoms with Gasteiger partial charge in [0.05, 0.1) is 0 Å². The summed E-state index contributed by atoms with van der Waals surface area (Å²) in [5, 5.41) is 6.49. The van der Waals surface area contributed by atoms with Crippen molar-refractivity contribution >= 4 is 5.91 Å². The standard InChI is InChI=1S/C13H24N2O/c1-10(12-4-2-3-5-12)15-13(16)8-11-6-7-14-9-11/h10-12,14H,2-9H2,1H3,(H,15,16)/t10-,11?/m0/s1. The van der Waals surface area contributed by atoms with Crippen LogP contribution in [0.4, 0.5) is 0 Å². The topological polar surface area (TPSA) is 41.1 Å². The Morgan fingerprint density at radius 3 is 2.75 bits per heavy atom. The molecule has 1 aliphatic carbocycles. The Balaban J connectivity index is 1.68. The molecule has 0 aromatic heterocycles. The number of carbonyl (C=O) groups excluding carboxylic acids is 1. The first-order chi connectivity index (χ1) is 7.75. The molecule has 2 aliphatic rings. The van der Waals surface area contributed by atoms with E-state index in [1.54, 1.807) is 0 Å². The fraction of sp³-hybridized carbons (Fsp3) is 0.923. The van der Waals surface area contributed by atoms with Crippen LogP contribution in [0, 0.1) is 11.8 Å². The molecule has 92 valence electrons. The van der Waals surface area contributed by atoms with Gasteiger partial charge in [-0.05, 0) is 51.1 Å². The molecule has 1 heterocycles. The highest BCUT2D eigenvalue weighted by Crippen LogP contribution is 2.27. The number of carbonyl (C=O) groups is 1. The van der Waals surface area contributed by atoms with Crippen LogP contribution >= 0.6 is 0 Å². The van der Waals surface area contributed by atoms with Crippen molar-refractivity contribution in [2.45, 2.75) is 51.5 Å². The summed E-state index contributed by atoms with van der Waals surface area (Å²) in [6.45, 7) is 4.27. The number of rotatable bonds is 4. The normalized spacial score (nSPS) is 28.2. The molecule has 2 rings (SSSR count). The lowest BCUT2D eigenvalue weighted by atomic mass is 9.98. The molecule has 1 saturated carbocycles. The van der Waals surface area contributed by atoms with E-state index in [0.717, 1.165) is 25.4 Å². The van der Waals surface area contributed by atoms with E-state index >= 15 is 0 Å². The maximum atomic E-state index is 11.8. The Kier molecular flexibility index (Phi) is 4.22. The molecule has 3 nitrogen and oxygen atoms in total. The summed E-state index contributed by atoms with van der Waals surface area (Å²) in [6.07, 6.45) is 7.16. The largest absolute Gasteiger partial charge is 0.353 e. The van der Waals surface area contributed by atoms with Gasteiger partial charge in [-0.2, -0.15) is 0 Å². The minimum atomic E-state index is 0.257. The Hall–Kier alpha value is -0.570. The second-order valence-electron chi connectivity index (χ2n) is 5.46. The van der Waals surface area contributed by atoms with Gasteiger partial charge in [0.25, 0.3) is 0 Å². The van der Waals surface area contributed by atoms with E-state index in [2.05, 4.69) is 17.6 Å². The van der Waals surface area contributed by atoms with Crippen LogP contribution in [0.15, 0.2) is 0 Å². The van der Waals surface area contributed by atoms with Crippen LogP contribution in [0.25, 0.3) is 0 Å². The van der Waals surface area contributed by atoms with Crippen LogP contribution in [0.5, 0.6) is 0 Å². The first-order valence-corrected chi connectivity index (χ1v) is 6.76. The predicted octanol–water partition coefficient (Wildman–Crippen LogP) is 1.68. The van der Waals surface area contributed by atoms with Gasteiger partial charge in [-0.15, -0.1) is 0 Å². The van der Waals surface area contributed by atoms with Gasteiger partial charge in [0.2, 0.25) is 5.91 Å². The van der Waals surface area contributed by atoms with Crippen molar-refractivity contribution in [2.75, 3.05) is 13.1 Å². The summed E-state index contributed by atoms with van der Waals surface area (Å²) in [7, 11) is 0. The summed E-state index contributed by atoms with van der Waals surface area (Å²) in [5.74, 6) is 1.55. The Morgan fingerprint density at radius 1 is 1.38 bits per heavy atom. The first kappa shape index (κ1) is 11.9. The molecular formula is C13H24N2O. The van der Waals surface area contributed by atoms with Gasteiger partial charge in [0.1, 0.15) is 0 Å². The maximum absolute atomic E-state index is 11.8. The van der Waals surface area contributed by atoms with Crippen molar-refractivity contribution in [2.24, 2.45) is 11.8 Å². The van der Waals surface area contributed by atoms with Crippen LogP contribution < -0.4 is 10.6 Å². The smallest absolute Gasteiger partial charge is 0.220 e. The molecule has 1 aliphatic heterocycles. The predicted molar refractivity (Wildman–Crippen MR) is 65.2 cm³/mol. The highest BCUT2D eigenvalue weighted by atomic mass is 16.1. The van der Waals surface area contributed by atoms with Crippen molar-refractivity contribution in [1.29, 1.82) is 0 Å². The average molecular weight is 224 g/mol. The lowest BCUT2D eigenvalue weighted by Crippen LogP contribution is -2.38. The van der Waals surface area contributed by atoms with Gasteiger partial charge in [0.15, 0.2) is 0 Å². The maximum Gasteiger partial charge on any atom is 0.220 e. The quantitative estimate of drug-likeness (QED) is 0.763. The zero-order valence-corrected chi connectivity index (χ0v) is 10.3. The Bertz CT molecular complexity index is 230. The summed E-state index contributed by atoms with van der Waals surface area (Å²) < 4.78 is 0. The van der Waals surface area contributed by atoms with Crippen LogP contribution in [-0.2, 0) is 4.79 Å². The van der Waals surface area contributed by atoms with Crippen molar-refractivity contribution in [1.82, 2.24) is 10.6 Å². The van der Waals surface area contributed by atoms with E-state index in [1.807, 2.05) is 0 Å². The lowest BCUT2D eigenvalue weighted by molar-refractivity contribution is -0.122. The third-order valence-corrected chi connectivity index (χ3v) is 4.13. The molecule has 1 unspecified atom stereocenters. The summed E-state index contributed by atoms with van der Waals surface area (Å²) >= 11 is 0. The first-order valence-electron chi connectivity index (χ1n) is 6.76. The van der Waals surface area contributed by atoms with Crippen LogP contribution in [0.2, 0.25) is 0 Å². The number of hydrogen-bond acceptors (Lipinski definition) is 2. The SMILES string of the molecule is C[C@H](NC(=O)CC1CCNC1)C1CCCC1. The van der Waals surface area contributed by atoms with E-state index < -0.39 is 0 Å². The highest BCUT2D eigenvalue weighted by molar-refractivity contribution is 5.76. The van der Waals surface area contributed by atoms with Gasteiger partial charge >= 0.3 is 0 Å². The van der Waals surface area contributed by atoms with Crippen LogP contribution in [-0.4, -0.2) is 25.0 Å². The van der Waals surface area contributed by atoms with Crippen molar-refractivity contribution < 1.29 is 4.79 Å². The summed E-state index contributed by atoms with van der Waals surface area (Å²) in [4.78, 5) is 11.8. The minimum absolute atomic E-state index is 0.257. The molecule has 0 spiro atoms. The van der Waals surface area contributed by atoms with Crippen molar-refractivity contribution in [3.63, 3.8) is 0 Å². The van der Waals surface area contributed by atoms with Gasteiger partial charge in [-0.25, -0.2) is 0 Å². The minimum Gasteiger partial charge on any atom is -0.353 e. The molecule has 0 bridgehead atoms. The van der Waals surface area contributed by atoms with E-state index in [4.69, 9.17) is 0 Å². The third kappa shape index (κ3) is 3.21. The molecule has 1 amide bonds. The zero-order valence-electron chi connectivity index (χ0n) is 10.3. The van der Waals surface area contributed by atoms with E-state index in [0.29, 0.717) is 18.4 Å². The summed E-state index contributed by atoms with van der Waals surface area (Å²) in [5.41, 5.74) is 0. The van der Waals surface area contributed by atoms with Gasteiger partial charge in [-0.3, -0.25) is 4.79 Å². The molecule has 2 N–H and O–H groups in total. The fourth-order valence-corrected chi connectivity index (χ4v) is 3.04. The van der Waals surface area contributed by atoms with Gasteiger partial charge in [-0.1, -0.05) is 12.8 Å². The number of nitrogens with one attached hydrogen (secondary N) is 2. The molecular weight excluding hydrogens is 200 g/mol. The average Bonchev–Trinajstić information content (AvgIpc) is 2.88. The van der Waals surface area contributed by atoms with Crippen molar-refractivity contribution in [3.05, 3.63) is 0 Å². The van der Waals surface area contributed by atoms with Crippen LogP contribution in [0.3, 0.4) is 0 Å². The molecule has 0 aromatic carbocycles. The number of amides is 1. The third-order valence-electron chi connectivity index (χ3n) is 4.13.